The molecule has 0 aliphatic rings. The van der Waals surface area contributed by atoms with Gasteiger partial charge in [-0.1, -0.05) is 264 Å². The van der Waals surface area contributed by atoms with Gasteiger partial charge in [0.05, 0.1) is 25.4 Å². The molecule has 356 valence electrons. The first-order valence-corrected chi connectivity index (χ1v) is 27.0. The minimum Gasteiger partial charge on any atom is -0.466 e. The van der Waals surface area contributed by atoms with Crippen LogP contribution in [0.15, 0.2) is 12.2 Å². The Morgan fingerprint density at radius 2 is 0.767 bits per heavy atom. The number of aliphatic hydroxyl groups excluding tert-OH is 2. The van der Waals surface area contributed by atoms with Gasteiger partial charge in [-0.05, 0) is 32.1 Å². The maximum atomic E-state index is 12.4. The largest absolute Gasteiger partial charge is 0.466 e. The summed E-state index contributed by atoms with van der Waals surface area (Å²) < 4.78 is 5.47. The van der Waals surface area contributed by atoms with Crippen molar-refractivity contribution in [2.45, 2.75) is 309 Å². The fraction of sp³-hybridized carbons (Fsp3) is 0.926. The number of carbonyl (C=O) groups is 2. The molecule has 0 radical (unpaired) electrons. The minimum atomic E-state index is -0.855. The molecular formula is C54H105NO5. The minimum absolute atomic E-state index is 0.0116. The predicted molar refractivity (Wildman–Crippen MR) is 260 cm³/mol. The quantitative estimate of drug-likeness (QED) is 0.0322. The van der Waals surface area contributed by atoms with Crippen LogP contribution in [0.4, 0.5) is 0 Å². The molecular weight excluding hydrogens is 743 g/mol. The molecule has 0 aromatic carbocycles. The maximum Gasteiger partial charge on any atom is 0.305 e. The van der Waals surface area contributed by atoms with Gasteiger partial charge in [-0.15, -0.1) is 0 Å². The van der Waals surface area contributed by atoms with Crippen LogP contribution in [0.5, 0.6) is 0 Å². The maximum absolute atomic E-state index is 12.4. The van der Waals surface area contributed by atoms with Crippen molar-refractivity contribution in [1.82, 2.24) is 5.32 Å². The zero-order chi connectivity index (χ0) is 43.7. The smallest absolute Gasteiger partial charge is 0.305 e. The average molecular weight is 848 g/mol. The van der Waals surface area contributed by atoms with Gasteiger partial charge < -0.3 is 20.3 Å². The number of hydrogen-bond donors (Lipinski definition) is 3. The zero-order valence-corrected chi connectivity index (χ0v) is 40.5. The number of carbonyl (C=O) groups excluding carboxylic acids is 2. The molecule has 0 aliphatic heterocycles. The zero-order valence-electron chi connectivity index (χ0n) is 40.5. The third kappa shape index (κ3) is 46.1. The van der Waals surface area contributed by atoms with Crippen LogP contribution in [0.3, 0.4) is 0 Å². The summed E-state index contributed by atoms with van der Waals surface area (Å²) in [4.78, 5) is 24.5. The molecule has 3 N–H and O–H groups in total. The van der Waals surface area contributed by atoms with Crippen molar-refractivity contribution in [2.24, 2.45) is 0 Å². The average Bonchev–Trinajstić information content (AvgIpc) is 3.25. The van der Waals surface area contributed by atoms with Crippen LogP contribution >= 0.6 is 0 Å². The monoisotopic (exact) mass is 848 g/mol. The predicted octanol–water partition coefficient (Wildman–Crippen LogP) is 16.1. The van der Waals surface area contributed by atoms with Gasteiger partial charge in [-0.25, -0.2) is 0 Å². The molecule has 0 saturated heterocycles. The molecule has 0 bridgehead atoms. The lowest BCUT2D eigenvalue weighted by atomic mass is 10.0. The Labute approximate surface area is 374 Å². The van der Waals surface area contributed by atoms with E-state index in [0.29, 0.717) is 19.4 Å². The van der Waals surface area contributed by atoms with Crippen LogP contribution < -0.4 is 5.32 Å². The van der Waals surface area contributed by atoms with E-state index in [2.05, 4.69) is 19.2 Å². The Morgan fingerprint density at radius 1 is 0.450 bits per heavy atom. The van der Waals surface area contributed by atoms with Crippen molar-refractivity contribution in [2.75, 3.05) is 13.2 Å². The van der Waals surface area contributed by atoms with Gasteiger partial charge in [0.25, 0.3) is 0 Å². The van der Waals surface area contributed by atoms with Crippen LogP contribution in [-0.2, 0) is 14.3 Å². The third-order valence-corrected chi connectivity index (χ3v) is 12.6. The molecule has 2 atom stereocenters. The Kier molecular flexibility index (Phi) is 49.1. The summed E-state index contributed by atoms with van der Waals surface area (Å²) in [6.07, 6.45) is 57.8. The van der Waals surface area contributed by atoms with Gasteiger partial charge in [0.15, 0.2) is 0 Å². The second-order valence-electron chi connectivity index (χ2n) is 18.6. The van der Waals surface area contributed by atoms with Gasteiger partial charge in [0.1, 0.15) is 0 Å². The van der Waals surface area contributed by atoms with Gasteiger partial charge in [-0.3, -0.25) is 9.59 Å². The van der Waals surface area contributed by atoms with E-state index in [1.54, 1.807) is 6.08 Å². The van der Waals surface area contributed by atoms with E-state index in [0.717, 1.165) is 57.8 Å². The van der Waals surface area contributed by atoms with Gasteiger partial charge >= 0.3 is 5.97 Å². The summed E-state index contributed by atoms with van der Waals surface area (Å²) >= 11 is 0. The molecule has 1 amide bonds. The van der Waals surface area contributed by atoms with Gasteiger partial charge in [0, 0.05) is 12.8 Å². The molecule has 2 unspecified atom stereocenters. The number of ether oxygens (including phenoxy) is 1. The second kappa shape index (κ2) is 50.2. The molecule has 6 heteroatoms. The summed E-state index contributed by atoms with van der Waals surface area (Å²) in [6.45, 7) is 4.88. The van der Waals surface area contributed by atoms with Crippen LogP contribution in [0.1, 0.15) is 296 Å². The van der Waals surface area contributed by atoms with E-state index >= 15 is 0 Å². The number of aliphatic hydroxyl groups is 2. The van der Waals surface area contributed by atoms with Gasteiger partial charge in [0.2, 0.25) is 5.91 Å². The topological polar surface area (TPSA) is 95.9 Å². The number of esters is 1. The summed E-state index contributed by atoms with van der Waals surface area (Å²) in [5.41, 5.74) is 0. The van der Waals surface area contributed by atoms with E-state index in [1.807, 2.05) is 6.08 Å². The summed E-state index contributed by atoms with van der Waals surface area (Å²) in [6, 6.07) is -0.640. The van der Waals surface area contributed by atoms with Crippen LogP contribution in [0, 0.1) is 0 Å². The van der Waals surface area contributed by atoms with E-state index in [9.17, 15) is 19.8 Å². The SMILES string of the molecule is CCCCCCCCCCCCCCCC/C=C/C(O)C(CO)NC(=O)CCCCCCCCCCCCCOC(=O)CCCCCCCCCCCCCCCCCC. The Hall–Kier alpha value is -1.40. The van der Waals surface area contributed by atoms with E-state index < -0.39 is 12.1 Å². The molecule has 0 aromatic rings. The van der Waals surface area contributed by atoms with Crippen molar-refractivity contribution in [1.29, 1.82) is 0 Å². The molecule has 0 aromatic heterocycles. The van der Waals surface area contributed by atoms with Crippen molar-refractivity contribution in [3.05, 3.63) is 12.2 Å². The normalized spacial score (nSPS) is 12.7. The molecule has 0 saturated carbocycles. The standard InChI is InChI=1S/C54H105NO5/c1-3-5-7-9-11-13-15-17-19-21-23-26-30-34-38-42-46-52(57)51(50-56)55-53(58)47-43-39-35-31-27-25-29-33-37-41-45-49-60-54(59)48-44-40-36-32-28-24-22-20-18-16-14-12-10-8-6-4-2/h42,46,51-52,56-57H,3-41,43-45,47-50H2,1-2H3,(H,55,58)/b46-42+. The van der Waals surface area contributed by atoms with Crippen molar-refractivity contribution < 1.29 is 24.5 Å². The molecule has 0 rings (SSSR count). The highest BCUT2D eigenvalue weighted by molar-refractivity contribution is 5.76. The number of rotatable bonds is 50. The lowest BCUT2D eigenvalue weighted by Crippen LogP contribution is -2.45. The van der Waals surface area contributed by atoms with Crippen molar-refractivity contribution >= 4 is 11.9 Å². The molecule has 0 spiro atoms. The molecule has 0 aliphatic carbocycles. The van der Waals surface area contributed by atoms with Crippen molar-refractivity contribution in [3.8, 4) is 0 Å². The van der Waals surface area contributed by atoms with Gasteiger partial charge in [-0.2, -0.15) is 0 Å². The lowest BCUT2D eigenvalue weighted by Gasteiger charge is -2.20. The fourth-order valence-electron chi connectivity index (χ4n) is 8.40. The highest BCUT2D eigenvalue weighted by Crippen LogP contribution is 2.17. The molecule has 0 fully saturated rings. The number of nitrogens with one attached hydrogen (secondary N) is 1. The Bertz CT molecular complexity index is 893. The van der Waals surface area contributed by atoms with Crippen molar-refractivity contribution in [3.63, 3.8) is 0 Å². The molecule has 0 heterocycles. The summed E-state index contributed by atoms with van der Waals surface area (Å²) in [5, 5.41) is 23.1. The number of allylic oxidation sites excluding steroid dienone is 1. The molecule has 60 heavy (non-hydrogen) atoms. The fourth-order valence-corrected chi connectivity index (χ4v) is 8.40. The summed E-state index contributed by atoms with van der Waals surface area (Å²) in [7, 11) is 0. The van der Waals surface area contributed by atoms with E-state index in [-0.39, 0.29) is 18.5 Å². The number of hydrogen-bond acceptors (Lipinski definition) is 5. The van der Waals surface area contributed by atoms with E-state index in [4.69, 9.17) is 4.74 Å². The van der Waals surface area contributed by atoms with Crippen LogP contribution in [-0.4, -0.2) is 47.4 Å². The Morgan fingerprint density at radius 3 is 1.13 bits per heavy atom. The third-order valence-electron chi connectivity index (χ3n) is 12.6. The first-order valence-electron chi connectivity index (χ1n) is 27.0. The number of unbranched alkanes of at least 4 members (excludes halogenated alkanes) is 39. The highest BCUT2D eigenvalue weighted by atomic mass is 16.5. The van der Waals surface area contributed by atoms with Crippen LogP contribution in [0.2, 0.25) is 0 Å². The summed E-state index contributed by atoms with van der Waals surface area (Å²) in [5.74, 6) is -0.0962. The first kappa shape index (κ1) is 58.6. The van der Waals surface area contributed by atoms with E-state index in [1.165, 1.54) is 212 Å². The second-order valence-corrected chi connectivity index (χ2v) is 18.6. The Balaban J connectivity index is 3.48. The van der Waals surface area contributed by atoms with Crippen LogP contribution in [0.25, 0.3) is 0 Å². The number of amides is 1. The highest BCUT2D eigenvalue weighted by Gasteiger charge is 2.18. The first-order chi connectivity index (χ1) is 29.5. The molecule has 6 nitrogen and oxygen atoms in total. The lowest BCUT2D eigenvalue weighted by molar-refractivity contribution is -0.143.